The number of amides is 1. The van der Waals surface area contributed by atoms with Crippen LogP contribution in [0.25, 0.3) is 0 Å². The molecule has 2 aliphatic heterocycles. The van der Waals surface area contributed by atoms with Crippen LogP contribution in [-0.4, -0.2) is 48.4 Å². The number of likely N-dealkylation sites (tertiary alicyclic amines) is 1. The van der Waals surface area contributed by atoms with Crippen LogP contribution in [0.3, 0.4) is 0 Å². The zero-order valence-corrected chi connectivity index (χ0v) is 10.8. The van der Waals surface area contributed by atoms with Crippen molar-refractivity contribution in [1.82, 2.24) is 4.90 Å². The molecule has 0 aliphatic carbocycles. The lowest BCUT2D eigenvalue weighted by Crippen LogP contribution is -2.37. The van der Waals surface area contributed by atoms with Gasteiger partial charge in [-0.2, -0.15) is 0 Å². The van der Waals surface area contributed by atoms with Gasteiger partial charge in [-0.3, -0.25) is 0 Å². The Morgan fingerprint density at radius 3 is 2.71 bits per heavy atom. The Labute approximate surface area is 102 Å². The van der Waals surface area contributed by atoms with Crippen molar-refractivity contribution in [2.24, 2.45) is 11.7 Å². The molecule has 0 saturated carbocycles. The van der Waals surface area contributed by atoms with Crippen LogP contribution in [0.1, 0.15) is 27.2 Å². The molecule has 2 aliphatic rings. The molecule has 2 saturated heterocycles. The third-order valence-electron chi connectivity index (χ3n) is 3.23. The number of hydrogen-bond donors (Lipinski definition) is 1. The van der Waals surface area contributed by atoms with E-state index in [1.165, 1.54) is 0 Å². The Kier molecular flexibility index (Phi) is 3.32. The van der Waals surface area contributed by atoms with Gasteiger partial charge in [-0.1, -0.05) is 0 Å². The van der Waals surface area contributed by atoms with Gasteiger partial charge in [0.25, 0.3) is 0 Å². The normalized spacial score (nSPS) is 32.7. The van der Waals surface area contributed by atoms with Crippen molar-refractivity contribution < 1.29 is 14.3 Å². The largest absolute Gasteiger partial charge is 0.444 e. The Hall–Kier alpha value is -0.810. The second kappa shape index (κ2) is 4.46. The average molecular weight is 242 g/mol. The minimum absolute atomic E-state index is 0.149. The fourth-order valence-electron chi connectivity index (χ4n) is 2.49. The topological polar surface area (TPSA) is 64.8 Å². The smallest absolute Gasteiger partial charge is 0.410 e. The summed E-state index contributed by atoms with van der Waals surface area (Å²) in [5.74, 6) is 0.427. The first-order chi connectivity index (χ1) is 7.89. The maximum Gasteiger partial charge on any atom is 0.410 e. The van der Waals surface area contributed by atoms with Gasteiger partial charge >= 0.3 is 6.09 Å². The fraction of sp³-hybridized carbons (Fsp3) is 0.917. The molecule has 2 heterocycles. The average Bonchev–Trinajstić information content (AvgIpc) is 2.70. The fourth-order valence-corrected chi connectivity index (χ4v) is 2.49. The minimum Gasteiger partial charge on any atom is -0.444 e. The third kappa shape index (κ3) is 2.90. The van der Waals surface area contributed by atoms with Gasteiger partial charge in [0.15, 0.2) is 0 Å². The van der Waals surface area contributed by atoms with Gasteiger partial charge in [0.1, 0.15) is 5.60 Å². The Morgan fingerprint density at radius 2 is 2.18 bits per heavy atom. The summed E-state index contributed by atoms with van der Waals surface area (Å²) < 4.78 is 11.1. The molecule has 17 heavy (non-hydrogen) atoms. The zero-order valence-electron chi connectivity index (χ0n) is 10.8. The second-order valence-corrected chi connectivity index (χ2v) is 5.91. The van der Waals surface area contributed by atoms with E-state index in [0.717, 1.165) is 13.0 Å². The molecule has 5 nitrogen and oxygen atoms in total. The Balaban J connectivity index is 1.86. The van der Waals surface area contributed by atoms with Crippen molar-refractivity contribution in [1.29, 1.82) is 0 Å². The van der Waals surface area contributed by atoms with E-state index in [-0.39, 0.29) is 18.3 Å². The van der Waals surface area contributed by atoms with Crippen molar-refractivity contribution in [3.05, 3.63) is 0 Å². The van der Waals surface area contributed by atoms with E-state index >= 15 is 0 Å². The van der Waals surface area contributed by atoms with Gasteiger partial charge in [-0.15, -0.1) is 0 Å². The van der Waals surface area contributed by atoms with Crippen molar-refractivity contribution in [2.75, 3.05) is 19.6 Å². The Bertz CT molecular complexity index is 287. The van der Waals surface area contributed by atoms with Gasteiger partial charge < -0.3 is 20.1 Å². The lowest BCUT2D eigenvalue weighted by atomic mass is 10.0. The van der Waals surface area contributed by atoms with Crippen LogP contribution in [0.4, 0.5) is 4.79 Å². The molecule has 5 heteroatoms. The first kappa shape index (κ1) is 12.6. The highest BCUT2D eigenvalue weighted by molar-refractivity contribution is 5.68. The molecule has 2 rings (SSSR count). The quantitative estimate of drug-likeness (QED) is 0.744. The molecule has 0 radical (unpaired) electrons. The van der Waals surface area contributed by atoms with Gasteiger partial charge in [0.05, 0.1) is 18.8 Å². The Morgan fingerprint density at radius 1 is 1.47 bits per heavy atom. The van der Waals surface area contributed by atoms with Crippen LogP contribution in [0.2, 0.25) is 0 Å². The van der Waals surface area contributed by atoms with Crippen LogP contribution < -0.4 is 5.73 Å². The first-order valence-corrected chi connectivity index (χ1v) is 6.22. The predicted molar refractivity (Wildman–Crippen MR) is 63.6 cm³/mol. The van der Waals surface area contributed by atoms with Crippen LogP contribution in [-0.2, 0) is 9.47 Å². The summed E-state index contributed by atoms with van der Waals surface area (Å²) in [6.07, 6.45) is 1.04. The van der Waals surface area contributed by atoms with Crippen molar-refractivity contribution in [3.63, 3.8) is 0 Å². The van der Waals surface area contributed by atoms with Crippen molar-refractivity contribution >= 4 is 6.09 Å². The summed E-state index contributed by atoms with van der Waals surface area (Å²) in [4.78, 5) is 13.6. The van der Waals surface area contributed by atoms with E-state index in [9.17, 15) is 4.79 Å². The molecule has 98 valence electrons. The highest BCUT2D eigenvalue weighted by Crippen LogP contribution is 2.33. The molecule has 0 unspecified atom stereocenters. The van der Waals surface area contributed by atoms with E-state index < -0.39 is 5.60 Å². The molecule has 0 aromatic heterocycles. The van der Waals surface area contributed by atoms with E-state index in [0.29, 0.717) is 19.0 Å². The van der Waals surface area contributed by atoms with Crippen LogP contribution >= 0.6 is 0 Å². The number of nitrogens with zero attached hydrogens (tertiary/aromatic N) is 1. The summed E-state index contributed by atoms with van der Waals surface area (Å²) in [5, 5.41) is 0. The SMILES string of the molecule is CC(C)(C)OC(=O)N1C[C@H]2C[C@@H](CN)O[C@H]2C1. The number of carbonyl (C=O) groups excluding carboxylic acids is 1. The number of fused-ring (bicyclic) bond motifs is 1. The first-order valence-electron chi connectivity index (χ1n) is 6.22. The van der Waals surface area contributed by atoms with Crippen LogP contribution in [0, 0.1) is 5.92 Å². The van der Waals surface area contributed by atoms with E-state index in [1.807, 2.05) is 20.8 Å². The third-order valence-corrected chi connectivity index (χ3v) is 3.23. The highest BCUT2D eigenvalue weighted by atomic mass is 16.6. The van der Waals surface area contributed by atoms with Crippen molar-refractivity contribution in [2.45, 2.75) is 45.0 Å². The lowest BCUT2D eigenvalue weighted by molar-refractivity contribution is 0.0149. The van der Waals surface area contributed by atoms with E-state index in [2.05, 4.69) is 0 Å². The molecular formula is C12H22N2O3. The number of carbonyl (C=O) groups is 1. The molecular weight excluding hydrogens is 220 g/mol. The zero-order chi connectivity index (χ0) is 12.6. The summed E-state index contributed by atoms with van der Waals surface area (Å²) in [5.41, 5.74) is 5.15. The summed E-state index contributed by atoms with van der Waals surface area (Å²) in [7, 11) is 0. The highest BCUT2D eigenvalue weighted by Gasteiger charge is 2.43. The van der Waals surface area contributed by atoms with Crippen molar-refractivity contribution in [3.8, 4) is 0 Å². The molecule has 0 aromatic carbocycles. The molecule has 1 amide bonds. The van der Waals surface area contributed by atoms with Gasteiger partial charge in [0, 0.05) is 19.0 Å². The van der Waals surface area contributed by atoms with Gasteiger partial charge in [-0.25, -0.2) is 4.79 Å². The molecule has 0 aromatic rings. The standard InChI is InChI=1S/C12H22N2O3/c1-12(2,3)17-11(15)14-6-8-4-9(5-13)16-10(8)7-14/h8-10H,4-7,13H2,1-3H3/t8-,9+,10+/m1/s1. The number of rotatable bonds is 1. The summed E-state index contributed by atoms with van der Waals surface area (Å²) >= 11 is 0. The minimum atomic E-state index is -0.435. The molecule has 0 bridgehead atoms. The maximum absolute atomic E-state index is 11.9. The maximum atomic E-state index is 11.9. The van der Waals surface area contributed by atoms with E-state index in [1.54, 1.807) is 4.90 Å². The number of ether oxygens (including phenoxy) is 2. The molecule has 2 N–H and O–H groups in total. The molecule has 2 fully saturated rings. The van der Waals surface area contributed by atoms with Crippen LogP contribution in [0.15, 0.2) is 0 Å². The summed E-state index contributed by atoms with van der Waals surface area (Å²) in [6.45, 7) is 7.57. The van der Waals surface area contributed by atoms with Crippen LogP contribution in [0.5, 0.6) is 0 Å². The number of hydrogen-bond acceptors (Lipinski definition) is 4. The number of nitrogens with two attached hydrogens (primary N) is 1. The van der Waals surface area contributed by atoms with E-state index in [4.69, 9.17) is 15.2 Å². The summed E-state index contributed by atoms with van der Waals surface area (Å²) in [6, 6.07) is 0. The predicted octanol–water partition coefficient (Wildman–Crippen LogP) is 0.969. The molecule has 0 spiro atoms. The van der Waals surface area contributed by atoms with Gasteiger partial charge in [-0.05, 0) is 27.2 Å². The second-order valence-electron chi connectivity index (χ2n) is 5.91. The monoisotopic (exact) mass is 242 g/mol. The lowest BCUT2D eigenvalue weighted by Gasteiger charge is -2.25. The molecule has 3 atom stereocenters. The van der Waals surface area contributed by atoms with Gasteiger partial charge in [0.2, 0.25) is 0 Å².